The number of sulfonamides is 1. The summed E-state index contributed by atoms with van der Waals surface area (Å²) < 4.78 is 52.2. The Bertz CT molecular complexity index is 1330. The second-order valence-corrected chi connectivity index (χ2v) is 11.2. The van der Waals surface area contributed by atoms with E-state index in [0.29, 0.717) is 12.2 Å². The molecular formula is C28H33F2N3O4S. The van der Waals surface area contributed by atoms with Crippen molar-refractivity contribution in [3.8, 4) is 0 Å². The molecule has 0 fully saturated rings. The van der Waals surface area contributed by atoms with Crippen LogP contribution in [-0.4, -0.2) is 51.4 Å². The summed E-state index contributed by atoms with van der Waals surface area (Å²) in [6.45, 7) is 2.68. The molecule has 204 valence electrons. The lowest BCUT2D eigenvalue weighted by molar-refractivity contribution is 0.0830. The van der Waals surface area contributed by atoms with Crippen LogP contribution in [0.15, 0.2) is 66.7 Å². The maximum absolute atomic E-state index is 13.8. The zero-order valence-corrected chi connectivity index (χ0v) is 22.4. The average Bonchev–Trinajstić information content (AvgIpc) is 2.86. The van der Waals surface area contributed by atoms with E-state index in [9.17, 15) is 27.1 Å². The predicted octanol–water partition coefficient (Wildman–Crippen LogP) is 3.41. The Labute approximate surface area is 222 Å². The number of benzene rings is 3. The summed E-state index contributed by atoms with van der Waals surface area (Å²) in [5.74, 6) is -2.02. The molecule has 0 spiro atoms. The number of hydrogen-bond acceptors (Lipinski definition) is 5. The van der Waals surface area contributed by atoms with Crippen LogP contribution in [0.25, 0.3) is 0 Å². The van der Waals surface area contributed by atoms with Gasteiger partial charge in [-0.2, -0.15) is 0 Å². The quantitative estimate of drug-likeness (QED) is 0.324. The van der Waals surface area contributed by atoms with Crippen molar-refractivity contribution in [1.82, 2.24) is 10.6 Å². The minimum absolute atomic E-state index is 0.0104. The molecule has 2 atom stereocenters. The van der Waals surface area contributed by atoms with Crippen LogP contribution in [0.2, 0.25) is 0 Å². The van der Waals surface area contributed by atoms with Crippen LogP contribution >= 0.6 is 0 Å². The number of halogens is 2. The van der Waals surface area contributed by atoms with Crippen molar-refractivity contribution in [3.05, 3.63) is 101 Å². The molecule has 0 aliphatic rings. The van der Waals surface area contributed by atoms with Crippen molar-refractivity contribution in [2.24, 2.45) is 0 Å². The standard InChI is InChI=1S/C28H33F2N3O4S/c1-4-19-6-5-7-20(12-19)17-31-18-27(34)26(15-21-13-23(29)16-24(30)14-21)32-28(35)22-8-10-25(11-9-22)33(2)38(3,36)37/h5-14,16,26-27,31,34H,4,15,17-18H2,1-3H3,(H,32,35)/t26-,27-/m0/s1. The normalized spacial score (nSPS) is 13.1. The number of aryl methyl sites for hydroxylation is 1. The third-order valence-electron chi connectivity index (χ3n) is 6.23. The van der Waals surface area contributed by atoms with Gasteiger partial charge in [-0.15, -0.1) is 0 Å². The van der Waals surface area contributed by atoms with Crippen molar-refractivity contribution >= 4 is 21.6 Å². The van der Waals surface area contributed by atoms with E-state index in [-0.39, 0.29) is 24.1 Å². The molecule has 3 rings (SSSR count). The van der Waals surface area contributed by atoms with E-state index in [2.05, 4.69) is 23.6 Å². The van der Waals surface area contributed by atoms with Crippen LogP contribution in [0, 0.1) is 11.6 Å². The number of carbonyl (C=O) groups is 1. The number of anilines is 1. The summed E-state index contributed by atoms with van der Waals surface area (Å²) >= 11 is 0. The highest BCUT2D eigenvalue weighted by Gasteiger charge is 2.23. The molecule has 3 aromatic rings. The predicted molar refractivity (Wildman–Crippen MR) is 145 cm³/mol. The molecule has 0 bridgehead atoms. The van der Waals surface area contributed by atoms with E-state index in [0.717, 1.165) is 40.7 Å². The van der Waals surface area contributed by atoms with Gasteiger partial charge in [-0.3, -0.25) is 9.10 Å². The Morgan fingerprint density at radius 3 is 2.21 bits per heavy atom. The third-order valence-corrected chi connectivity index (χ3v) is 7.44. The van der Waals surface area contributed by atoms with Gasteiger partial charge in [0.25, 0.3) is 5.91 Å². The van der Waals surface area contributed by atoms with Gasteiger partial charge >= 0.3 is 0 Å². The molecule has 0 heterocycles. The van der Waals surface area contributed by atoms with E-state index in [1.807, 2.05) is 18.2 Å². The molecule has 10 heteroatoms. The first-order valence-electron chi connectivity index (χ1n) is 12.2. The van der Waals surface area contributed by atoms with Gasteiger partial charge in [0.2, 0.25) is 10.0 Å². The van der Waals surface area contributed by atoms with Crippen molar-refractivity contribution in [2.45, 2.75) is 38.5 Å². The monoisotopic (exact) mass is 545 g/mol. The van der Waals surface area contributed by atoms with Crippen LogP contribution in [0.1, 0.15) is 34.0 Å². The smallest absolute Gasteiger partial charge is 0.251 e. The Hall–Kier alpha value is -3.34. The molecule has 0 aromatic heterocycles. The fourth-order valence-corrected chi connectivity index (χ4v) is 4.50. The number of carbonyl (C=O) groups excluding carboxylic acids is 1. The molecule has 0 saturated heterocycles. The minimum atomic E-state index is -3.46. The summed E-state index contributed by atoms with van der Waals surface area (Å²) in [4.78, 5) is 13.0. The molecule has 0 unspecified atom stereocenters. The molecule has 0 aliphatic carbocycles. The average molecular weight is 546 g/mol. The number of rotatable bonds is 12. The van der Waals surface area contributed by atoms with Crippen molar-refractivity contribution in [2.75, 3.05) is 24.2 Å². The van der Waals surface area contributed by atoms with Crippen molar-refractivity contribution in [1.29, 1.82) is 0 Å². The van der Waals surface area contributed by atoms with Gasteiger partial charge in [0.1, 0.15) is 11.6 Å². The van der Waals surface area contributed by atoms with Gasteiger partial charge in [-0.1, -0.05) is 31.2 Å². The van der Waals surface area contributed by atoms with Crippen LogP contribution < -0.4 is 14.9 Å². The first-order valence-corrected chi connectivity index (χ1v) is 14.1. The van der Waals surface area contributed by atoms with Gasteiger partial charge in [0.05, 0.1) is 24.1 Å². The zero-order valence-electron chi connectivity index (χ0n) is 21.6. The van der Waals surface area contributed by atoms with E-state index < -0.39 is 39.7 Å². The topological polar surface area (TPSA) is 98.7 Å². The lowest BCUT2D eigenvalue weighted by atomic mass is 10.00. The second kappa shape index (κ2) is 12.9. The van der Waals surface area contributed by atoms with Crippen molar-refractivity contribution < 1.29 is 27.1 Å². The zero-order chi connectivity index (χ0) is 27.9. The van der Waals surface area contributed by atoms with Crippen LogP contribution in [0.4, 0.5) is 14.5 Å². The number of aliphatic hydroxyl groups excluding tert-OH is 1. The Morgan fingerprint density at radius 1 is 0.974 bits per heavy atom. The number of aliphatic hydroxyl groups is 1. The Balaban J connectivity index is 1.73. The first-order chi connectivity index (χ1) is 18.0. The van der Waals surface area contributed by atoms with E-state index in [1.54, 1.807) is 0 Å². The highest BCUT2D eigenvalue weighted by Crippen LogP contribution is 2.17. The third kappa shape index (κ3) is 8.34. The first kappa shape index (κ1) is 29.2. The summed E-state index contributed by atoms with van der Waals surface area (Å²) in [5.41, 5.74) is 3.14. The van der Waals surface area contributed by atoms with Gasteiger partial charge in [-0.25, -0.2) is 17.2 Å². The molecular weight excluding hydrogens is 512 g/mol. The summed E-state index contributed by atoms with van der Waals surface area (Å²) in [7, 11) is -2.06. The summed E-state index contributed by atoms with van der Waals surface area (Å²) in [6.07, 6.45) is 0.892. The van der Waals surface area contributed by atoms with Crippen LogP contribution in [0.3, 0.4) is 0 Å². The number of nitrogens with zero attached hydrogens (tertiary/aromatic N) is 1. The second-order valence-electron chi connectivity index (χ2n) is 9.21. The van der Waals surface area contributed by atoms with E-state index >= 15 is 0 Å². The lowest BCUT2D eigenvalue weighted by Crippen LogP contribution is -2.48. The van der Waals surface area contributed by atoms with Crippen molar-refractivity contribution in [3.63, 3.8) is 0 Å². The largest absolute Gasteiger partial charge is 0.390 e. The maximum Gasteiger partial charge on any atom is 0.251 e. The molecule has 3 aromatic carbocycles. The maximum atomic E-state index is 13.8. The molecule has 0 saturated carbocycles. The highest BCUT2D eigenvalue weighted by molar-refractivity contribution is 7.92. The van der Waals surface area contributed by atoms with Gasteiger partial charge in [0, 0.05) is 31.8 Å². The fourth-order valence-electron chi connectivity index (χ4n) is 4.00. The summed E-state index contributed by atoms with van der Waals surface area (Å²) in [6, 6.07) is 16.2. The number of hydrogen-bond donors (Lipinski definition) is 3. The Morgan fingerprint density at radius 2 is 1.61 bits per heavy atom. The van der Waals surface area contributed by atoms with Gasteiger partial charge in [0.15, 0.2) is 0 Å². The molecule has 0 radical (unpaired) electrons. The van der Waals surface area contributed by atoms with Crippen LogP contribution in [-0.2, 0) is 29.4 Å². The van der Waals surface area contributed by atoms with Gasteiger partial charge < -0.3 is 15.7 Å². The van der Waals surface area contributed by atoms with Gasteiger partial charge in [-0.05, 0) is 65.9 Å². The minimum Gasteiger partial charge on any atom is -0.390 e. The SMILES string of the molecule is CCc1cccc(CNC[C@H](O)[C@H](Cc2cc(F)cc(F)c2)NC(=O)c2ccc(N(C)S(C)(=O)=O)cc2)c1. The molecule has 1 amide bonds. The molecule has 7 nitrogen and oxygen atoms in total. The molecule has 3 N–H and O–H groups in total. The van der Waals surface area contributed by atoms with E-state index in [1.165, 1.54) is 36.9 Å². The summed E-state index contributed by atoms with van der Waals surface area (Å²) in [5, 5.41) is 16.9. The molecule has 38 heavy (non-hydrogen) atoms. The number of nitrogens with one attached hydrogen (secondary N) is 2. The number of amides is 1. The van der Waals surface area contributed by atoms with E-state index in [4.69, 9.17) is 0 Å². The fraction of sp³-hybridized carbons (Fsp3) is 0.321. The Kier molecular flexibility index (Phi) is 9.96. The molecule has 0 aliphatic heterocycles. The lowest BCUT2D eigenvalue weighted by Gasteiger charge is -2.25. The van der Waals surface area contributed by atoms with Crippen LogP contribution in [0.5, 0.6) is 0 Å². The highest BCUT2D eigenvalue weighted by atomic mass is 32.2.